The van der Waals surface area contributed by atoms with Gasteiger partial charge in [0.2, 0.25) is 0 Å². The molecule has 0 fully saturated rings. The maximum absolute atomic E-state index is 12.4. The number of carbonyl (C=O) groups excluding carboxylic acids is 1. The first-order valence-electron chi connectivity index (χ1n) is 8.55. The van der Waals surface area contributed by atoms with Gasteiger partial charge in [-0.05, 0) is 48.9 Å². The molecule has 2 rings (SSSR count). The molecule has 0 aliphatic carbocycles. The van der Waals surface area contributed by atoms with Crippen molar-refractivity contribution in [3.8, 4) is 5.75 Å². The highest BCUT2D eigenvalue weighted by Crippen LogP contribution is 2.29. The predicted molar refractivity (Wildman–Crippen MR) is 95.9 cm³/mol. The number of hydrogen-bond acceptors (Lipinski definition) is 3. The van der Waals surface area contributed by atoms with Crippen LogP contribution in [0, 0.1) is 5.92 Å². The van der Waals surface area contributed by atoms with Gasteiger partial charge in [0.1, 0.15) is 11.9 Å². The fourth-order valence-corrected chi connectivity index (χ4v) is 2.89. The van der Waals surface area contributed by atoms with Gasteiger partial charge in [-0.2, -0.15) is 0 Å². The Kier molecular flexibility index (Phi) is 6.42. The van der Waals surface area contributed by atoms with E-state index in [9.17, 15) is 9.90 Å². The highest BCUT2D eigenvalue weighted by molar-refractivity contribution is 5.72. The molecule has 0 aromatic heterocycles. The smallest absolute Gasteiger partial charge is 0.309 e. The van der Waals surface area contributed by atoms with Gasteiger partial charge in [-0.1, -0.05) is 56.3 Å². The molecule has 0 saturated heterocycles. The van der Waals surface area contributed by atoms with Crippen LogP contribution in [0.15, 0.2) is 54.6 Å². The van der Waals surface area contributed by atoms with E-state index in [1.807, 2.05) is 56.3 Å². The van der Waals surface area contributed by atoms with E-state index in [1.54, 1.807) is 12.1 Å². The van der Waals surface area contributed by atoms with Gasteiger partial charge in [0.15, 0.2) is 0 Å². The van der Waals surface area contributed by atoms with E-state index in [4.69, 9.17) is 4.74 Å². The summed E-state index contributed by atoms with van der Waals surface area (Å²) < 4.78 is 5.62. The summed E-state index contributed by atoms with van der Waals surface area (Å²) in [5.41, 5.74) is 2.15. The summed E-state index contributed by atoms with van der Waals surface area (Å²) in [7, 11) is 0. The fourth-order valence-electron chi connectivity index (χ4n) is 2.89. The van der Waals surface area contributed by atoms with Crippen molar-refractivity contribution in [2.75, 3.05) is 0 Å². The van der Waals surface area contributed by atoms with Crippen molar-refractivity contribution in [2.24, 2.45) is 5.92 Å². The van der Waals surface area contributed by atoms with E-state index >= 15 is 0 Å². The molecular formula is C21H26O3. The van der Waals surface area contributed by atoms with Crippen molar-refractivity contribution < 1.29 is 14.6 Å². The van der Waals surface area contributed by atoms with Crippen molar-refractivity contribution >= 4 is 5.97 Å². The Morgan fingerprint density at radius 1 is 1.00 bits per heavy atom. The first-order valence-corrected chi connectivity index (χ1v) is 8.55. The quantitative estimate of drug-likeness (QED) is 0.710. The normalized spacial score (nSPS) is 14.6. The Morgan fingerprint density at radius 3 is 2.21 bits per heavy atom. The minimum Gasteiger partial charge on any atom is -0.508 e. The van der Waals surface area contributed by atoms with Crippen molar-refractivity contribution in [1.29, 1.82) is 0 Å². The number of phenols is 1. The van der Waals surface area contributed by atoms with Gasteiger partial charge in [0, 0.05) is 0 Å². The third kappa shape index (κ3) is 4.85. The van der Waals surface area contributed by atoms with E-state index in [2.05, 4.69) is 6.92 Å². The molecule has 1 N–H and O–H groups in total. The third-order valence-electron chi connectivity index (χ3n) is 4.46. The molecule has 24 heavy (non-hydrogen) atoms. The van der Waals surface area contributed by atoms with Gasteiger partial charge in [0.25, 0.3) is 0 Å². The van der Waals surface area contributed by atoms with Gasteiger partial charge in [-0.25, -0.2) is 0 Å². The van der Waals surface area contributed by atoms with E-state index in [-0.39, 0.29) is 29.7 Å². The molecule has 0 heterocycles. The van der Waals surface area contributed by atoms with E-state index in [0.29, 0.717) is 0 Å². The molecule has 0 bridgehead atoms. The Bertz CT molecular complexity index is 634. The van der Waals surface area contributed by atoms with Crippen molar-refractivity contribution in [1.82, 2.24) is 0 Å². The lowest BCUT2D eigenvalue weighted by molar-refractivity contribution is -0.153. The number of hydrogen-bond donors (Lipinski definition) is 1. The van der Waals surface area contributed by atoms with Crippen LogP contribution in [0.1, 0.15) is 56.8 Å². The van der Waals surface area contributed by atoms with Crippen LogP contribution in [0.5, 0.6) is 5.75 Å². The number of aromatic hydroxyl groups is 1. The molecule has 3 unspecified atom stereocenters. The highest BCUT2D eigenvalue weighted by Gasteiger charge is 2.22. The summed E-state index contributed by atoms with van der Waals surface area (Å²) in [5.74, 6) is 0.205. The lowest BCUT2D eigenvalue weighted by atomic mass is 9.87. The Hall–Kier alpha value is -2.29. The third-order valence-corrected chi connectivity index (χ3v) is 4.46. The van der Waals surface area contributed by atoms with Crippen LogP contribution in [0.3, 0.4) is 0 Å². The number of esters is 1. The van der Waals surface area contributed by atoms with Crippen LogP contribution in [-0.4, -0.2) is 11.1 Å². The van der Waals surface area contributed by atoms with Gasteiger partial charge < -0.3 is 9.84 Å². The first-order chi connectivity index (χ1) is 11.5. The molecule has 3 atom stereocenters. The second kappa shape index (κ2) is 8.53. The average molecular weight is 326 g/mol. The second-order valence-electron chi connectivity index (χ2n) is 6.32. The van der Waals surface area contributed by atoms with Crippen LogP contribution in [0.4, 0.5) is 0 Å². The summed E-state index contributed by atoms with van der Waals surface area (Å²) in [6.45, 7) is 5.93. The molecule has 0 spiro atoms. The lowest BCUT2D eigenvalue weighted by Crippen LogP contribution is -2.19. The summed E-state index contributed by atoms with van der Waals surface area (Å²) in [5, 5.41) is 9.41. The molecule has 0 radical (unpaired) electrons. The fraction of sp³-hybridized carbons (Fsp3) is 0.381. The van der Waals surface area contributed by atoms with Gasteiger partial charge >= 0.3 is 5.97 Å². The largest absolute Gasteiger partial charge is 0.508 e. The zero-order valence-corrected chi connectivity index (χ0v) is 14.6. The molecule has 128 valence electrons. The van der Waals surface area contributed by atoms with E-state index in [1.165, 1.54) is 0 Å². The molecule has 0 aliphatic heterocycles. The van der Waals surface area contributed by atoms with Crippen LogP contribution < -0.4 is 0 Å². The Labute approximate surface area is 144 Å². The number of carbonyl (C=O) groups is 1. The molecule has 3 heteroatoms. The van der Waals surface area contributed by atoms with Crippen molar-refractivity contribution in [3.63, 3.8) is 0 Å². The zero-order chi connectivity index (χ0) is 17.5. The second-order valence-corrected chi connectivity index (χ2v) is 6.32. The maximum atomic E-state index is 12.4. The zero-order valence-electron chi connectivity index (χ0n) is 14.6. The lowest BCUT2D eigenvalue weighted by Gasteiger charge is -2.21. The summed E-state index contributed by atoms with van der Waals surface area (Å²) in [6, 6.07) is 17.0. The number of benzene rings is 2. The minimum atomic E-state index is -0.241. The average Bonchev–Trinajstić information content (AvgIpc) is 2.61. The number of ether oxygens (including phenoxy) is 1. The summed E-state index contributed by atoms with van der Waals surface area (Å²) in [6.07, 6.45) is 1.44. The monoisotopic (exact) mass is 326 g/mol. The standard InChI is InChI=1S/C21H26O3/c1-4-17(19-10-12-20(22)13-11-19)14-15(2)21(23)24-16(3)18-8-6-5-7-9-18/h5-13,15-17,22H,4,14H2,1-3H3. The van der Waals surface area contributed by atoms with E-state index < -0.39 is 0 Å². The van der Waals surface area contributed by atoms with Crippen LogP contribution >= 0.6 is 0 Å². The minimum absolute atomic E-state index is 0.163. The molecular weight excluding hydrogens is 300 g/mol. The van der Waals surface area contributed by atoms with Crippen LogP contribution in [0.25, 0.3) is 0 Å². The van der Waals surface area contributed by atoms with Gasteiger partial charge in [-0.15, -0.1) is 0 Å². The summed E-state index contributed by atoms with van der Waals surface area (Å²) in [4.78, 5) is 12.4. The van der Waals surface area contributed by atoms with Gasteiger partial charge in [-0.3, -0.25) is 4.79 Å². The molecule has 0 amide bonds. The number of phenolic OH excluding ortho intramolecular Hbond substituents is 1. The van der Waals surface area contributed by atoms with Gasteiger partial charge in [0.05, 0.1) is 5.92 Å². The van der Waals surface area contributed by atoms with Crippen LogP contribution in [0.2, 0.25) is 0 Å². The molecule has 2 aromatic rings. The molecule has 2 aromatic carbocycles. The Morgan fingerprint density at radius 2 is 1.62 bits per heavy atom. The number of rotatable bonds is 7. The SMILES string of the molecule is CCC(CC(C)C(=O)OC(C)c1ccccc1)c1ccc(O)cc1. The predicted octanol–water partition coefficient (Wildman–Crippen LogP) is 5.22. The van der Waals surface area contributed by atoms with Crippen molar-refractivity contribution in [2.45, 2.75) is 45.6 Å². The maximum Gasteiger partial charge on any atom is 0.309 e. The first kappa shape index (κ1) is 18.1. The summed E-state index contributed by atoms with van der Waals surface area (Å²) >= 11 is 0. The van der Waals surface area contributed by atoms with Crippen molar-refractivity contribution in [3.05, 3.63) is 65.7 Å². The Balaban J connectivity index is 1.95. The molecule has 0 saturated carbocycles. The van der Waals surface area contributed by atoms with Crippen LogP contribution in [-0.2, 0) is 9.53 Å². The molecule has 0 aliphatic rings. The topological polar surface area (TPSA) is 46.5 Å². The van der Waals surface area contributed by atoms with E-state index in [0.717, 1.165) is 24.0 Å². The molecule has 3 nitrogen and oxygen atoms in total. The highest BCUT2D eigenvalue weighted by atomic mass is 16.5.